The van der Waals surface area contributed by atoms with Crippen molar-refractivity contribution in [3.63, 3.8) is 0 Å². The summed E-state index contributed by atoms with van der Waals surface area (Å²) in [6.07, 6.45) is 0. The molecule has 0 aliphatic rings. The first kappa shape index (κ1) is 20.6. The molecule has 0 spiro atoms. The minimum absolute atomic E-state index is 0.0293. The van der Waals surface area contributed by atoms with E-state index in [2.05, 4.69) is 41.1 Å². The van der Waals surface area contributed by atoms with Crippen molar-refractivity contribution in [1.82, 2.24) is 30.7 Å². The molecule has 1 aromatic carbocycles. The number of aromatic nitrogens is 5. The van der Waals surface area contributed by atoms with Crippen LogP contribution in [0.5, 0.6) is 0 Å². The molecule has 2 aromatic heterocycles. The average molecular weight is 411 g/mol. The van der Waals surface area contributed by atoms with Crippen LogP contribution >= 0.6 is 0 Å². The minimum atomic E-state index is -0.544. The third-order valence-corrected chi connectivity index (χ3v) is 4.09. The van der Waals surface area contributed by atoms with Crippen LogP contribution in [0.25, 0.3) is 5.82 Å². The van der Waals surface area contributed by atoms with Crippen LogP contribution in [-0.4, -0.2) is 42.8 Å². The van der Waals surface area contributed by atoms with Gasteiger partial charge >= 0.3 is 0 Å². The Balaban J connectivity index is 1.84. The van der Waals surface area contributed by atoms with Crippen molar-refractivity contribution in [2.24, 2.45) is 5.10 Å². The van der Waals surface area contributed by atoms with E-state index in [1.807, 2.05) is 19.9 Å². The Labute approximate surface area is 171 Å². The predicted molar refractivity (Wildman–Crippen MR) is 108 cm³/mol. The lowest BCUT2D eigenvalue weighted by molar-refractivity contribution is -0.114. The van der Waals surface area contributed by atoms with Gasteiger partial charge in [-0.3, -0.25) is 9.59 Å². The van der Waals surface area contributed by atoms with Crippen molar-refractivity contribution in [2.45, 2.75) is 33.6 Å². The number of benzene rings is 1. The summed E-state index contributed by atoms with van der Waals surface area (Å²) in [6, 6.07) is 7.10. The normalized spacial score (nSPS) is 11.6. The molecule has 2 heterocycles. The maximum atomic E-state index is 12.7. The Kier molecular flexibility index (Phi) is 5.85. The molecule has 12 nitrogen and oxygen atoms in total. The zero-order valence-electron chi connectivity index (χ0n) is 16.9. The molecular weight excluding hydrogens is 390 g/mol. The van der Waals surface area contributed by atoms with Gasteiger partial charge in [0, 0.05) is 12.6 Å². The van der Waals surface area contributed by atoms with E-state index in [1.165, 1.54) is 11.6 Å². The molecule has 0 saturated heterocycles. The van der Waals surface area contributed by atoms with E-state index in [0.29, 0.717) is 17.1 Å². The van der Waals surface area contributed by atoms with E-state index in [4.69, 9.17) is 5.73 Å². The van der Waals surface area contributed by atoms with E-state index >= 15 is 0 Å². The zero-order valence-corrected chi connectivity index (χ0v) is 16.9. The summed E-state index contributed by atoms with van der Waals surface area (Å²) in [6.45, 7) is 6.90. The number of nitrogens with two attached hydrogens (primary N) is 1. The van der Waals surface area contributed by atoms with Crippen molar-refractivity contribution in [3.05, 3.63) is 41.2 Å². The van der Waals surface area contributed by atoms with Gasteiger partial charge in [-0.2, -0.15) is 9.78 Å². The number of carbonyl (C=O) groups is 2. The van der Waals surface area contributed by atoms with Gasteiger partial charge in [0.05, 0.1) is 11.4 Å². The molecule has 3 aromatic rings. The SMILES string of the molecule is CC(=O)Nc1cccc(C(C)=NNC(=O)c2nnn(-c3nonc3N)c2C(C)C)c1. The first-order valence-corrected chi connectivity index (χ1v) is 9.04. The second kappa shape index (κ2) is 8.51. The number of hydrazone groups is 1. The van der Waals surface area contributed by atoms with Crippen molar-refractivity contribution < 1.29 is 14.2 Å². The summed E-state index contributed by atoms with van der Waals surface area (Å²) in [4.78, 5) is 23.9. The second-order valence-electron chi connectivity index (χ2n) is 6.76. The fourth-order valence-electron chi connectivity index (χ4n) is 2.74. The monoisotopic (exact) mass is 411 g/mol. The number of amides is 2. The highest BCUT2D eigenvalue weighted by Gasteiger charge is 2.25. The fourth-order valence-corrected chi connectivity index (χ4v) is 2.74. The molecule has 156 valence electrons. The average Bonchev–Trinajstić information content (AvgIpc) is 3.31. The smallest absolute Gasteiger partial charge is 0.293 e. The predicted octanol–water partition coefficient (Wildman–Crippen LogP) is 1.47. The van der Waals surface area contributed by atoms with Gasteiger partial charge in [0.25, 0.3) is 5.91 Å². The molecule has 0 saturated carbocycles. The highest BCUT2D eigenvalue weighted by molar-refractivity contribution is 6.02. The van der Waals surface area contributed by atoms with Gasteiger partial charge in [-0.25, -0.2) is 10.1 Å². The van der Waals surface area contributed by atoms with E-state index in [1.54, 1.807) is 25.1 Å². The van der Waals surface area contributed by atoms with Crippen LogP contribution in [0.15, 0.2) is 34.0 Å². The van der Waals surface area contributed by atoms with E-state index in [0.717, 1.165) is 5.56 Å². The third-order valence-electron chi connectivity index (χ3n) is 4.09. The van der Waals surface area contributed by atoms with Gasteiger partial charge in [0.1, 0.15) is 0 Å². The number of hydrogen-bond acceptors (Lipinski definition) is 9. The molecule has 0 fully saturated rings. The molecule has 2 amide bonds. The zero-order chi connectivity index (χ0) is 21.8. The summed E-state index contributed by atoms with van der Waals surface area (Å²) in [5.74, 6) is -0.669. The number of hydrogen-bond donors (Lipinski definition) is 3. The lowest BCUT2D eigenvalue weighted by Crippen LogP contribution is -2.22. The standard InChI is InChI=1S/C18H21N9O3/c1-9(2)15-14(22-26-27(15)17-16(19)24-30-25-17)18(29)23-21-10(3)12-6-5-7-13(8-12)20-11(4)28/h5-9H,1-4H3,(H2,19,24)(H,20,28)(H,23,29). The van der Waals surface area contributed by atoms with Gasteiger partial charge in [0.15, 0.2) is 5.69 Å². The van der Waals surface area contributed by atoms with Gasteiger partial charge in [-0.1, -0.05) is 31.2 Å². The number of nitrogens with zero attached hydrogens (tertiary/aromatic N) is 6. The minimum Gasteiger partial charge on any atom is -0.378 e. The van der Waals surface area contributed by atoms with Crippen LogP contribution in [-0.2, 0) is 4.79 Å². The Morgan fingerprint density at radius 2 is 2.00 bits per heavy atom. The highest BCUT2D eigenvalue weighted by atomic mass is 16.6. The Morgan fingerprint density at radius 3 is 2.63 bits per heavy atom. The van der Waals surface area contributed by atoms with Crippen molar-refractivity contribution in [2.75, 3.05) is 11.1 Å². The third kappa shape index (κ3) is 4.32. The highest BCUT2D eigenvalue weighted by Crippen LogP contribution is 2.22. The quantitative estimate of drug-likeness (QED) is 0.405. The van der Waals surface area contributed by atoms with Gasteiger partial charge < -0.3 is 11.1 Å². The van der Waals surface area contributed by atoms with Crippen LogP contribution in [0.2, 0.25) is 0 Å². The van der Waals surface area contributed by atoms with E-state index in [9.17, 15) is 9.59 Å². The van der Waals surface area contributed by atoms with Gasteiger partial charge in [-0.15, -0.1) is 5.10 Å². The maximum absolute atomic E-state index is 12.7. The second-order valence-corrected chi connectivity index (χ2v) is 6.76. The number of carbonyl (C=O) groups excluding carboxylic acids is 2. The molecule has 12 heteroatoms. The van der Waals surface area contributed by atoms with Crippen LogP contribution in [0.1, 0.15) is 55.4 Å². The van der Waals surface area contributed by atoms with Crippen LogP contribution in [0.4, 0.5) is 11.5 Å². The molecule has 0 atom stereocenters. The Morgan fingerprint density at radius 1 is 1.23 bits per heavy atom. The first-order chi connectivity index (χ1) is 14.3. The molecule has 3 rings (SSSR count). The summed E-state index contributed by atoms with van der Waals surface area (Å²) >= 11 is 0. The molecule has 0 bridgehead atoms. The lowest BCUT2D eigenvalue weighted by atomic mass is 10.1. The van der Waals surface area contributed by atoms with Crippen LogP contribution in [0.3, 0.4) is 0 Å². The molecule has 0 aliphatic carbocycles. The molecule has 0 aliphatic heterocycles. The number of nitrogen functional groups attached to an aromatic ring is 1. The molecule has 0 unspecified atom stereocenters. The Bertz CT molecular complexity index is 1110. The van der Waals surface area contributed by atoms with Crippen molar-refractivity contribution >= 4 is 29.0 Å². The molecule has 4 N–H and O–H groups in total. The number of rotatable bonds is 6. The summed E-state index contributed by atoms with van der Waals surface area (Å²) < 4.78 is 5.92. The number of anilines is 2. The molecule has 30 heavy (non-hydrogen) atoms. The largest absolute Gasteiger partial charge is 0.378 e. The maximum Gasteiger partial charge on any atom is 0.293 e. The van der Waals surface area contributed by atoms with Crippen molar-refractivity contribution in [3.8, 4) is 5.82 Å². The van der Waals surface area contributed by atoms with Crippen molar-refractivity contribution in [1.29, 1.82) is 0 Å². The van der Waals surface area contributed by atoms with E-state index < -0.39 is 5.91 Å². The summed E-state index contributed by atoms with van der Waals surface area (Å²) in [5.41, 5.74) is 10.7. The van der Waals surface area contributed by atoms with Gasteiger partial charge in [0.2, 0.25) is 17.5 Å². The number of nitrogens with one attached hydrogen (secondary N) is 2. The van der Waals surface area contributed by atoms with E-state index in [-0.39, 0.29) is 29.2 Å². The molecule has 0 radical (unpaired) electrons. The lowest BCUT2D eigenvalue weighted by Gasteiger charge is -2.09. The fraction of sp³-hybridized carbons (Fsp3) is 0.278. The topological polar surface area (TPSA) is 166 Å². The first-order valence-electron chi connectivity index (χ1n) is 9.04. The van der Waals surface area contributed by atoms with Gasteiger partial charge in [-0.05, 0) is 40.9 Å². The summed E-state index contributed by atoms with van der Waals surface area (Å²) in [5, 5.41) is 22.0. The molecular formula is C18H21N9O3. The Hall–Kier alpha value is -4.09. The van der Waals surface area contributed by atoms with Crippen LogP contribution in [0, 0.1) is 0 Å². The summed E-state index contributed by atoms with van der Waals surface area (Å²) in [7, 11) is 0. The van der Waals surface area contributed by atoms with Crippen LogP contribution < -0.4 is 16.5 Å².